The lowest BCUT2D eigenvalue weighted by molar-refractivity contribution is -0.133. The van der Waals surface area contributed by atoms with E-state index in [-0.39, 0.29) is 11.9 Å². The van der Waals surface area contributed by atoms with Crippen molar-refractivity contribution < 1.29 is 4.79 Å². The minimum atomic E-state index is -0.0701. The van der Waals surface area contributed by atoms with Crippen LogP contribution in [0.25, 0.3) is 0 Å². The van der Waals surface area contributed by atoms with Crippen LogP contribution in [-0.4, -0.2) is 62.0 Å². The molecule has 0 spiro atoms. The molecule has 0 aliphatic heterocycles. The molecule has 1 N–H and O–H groups in total. The number of nitrogens with zero attached hydrogens (tertiary/aromatic N) is 2. The number of amides is 1. The molecular weight excluding hydrogens is 238 g/mol. The number of hydrogen-bond donors (Lipinski definition) is 1. The fourth-order valence-corrected chi connectivity index (χ4v) is 1.95. The molecule has 0 aliphatic rings. The number of likely N-dealkylation sites (N-methyl/N-ethyl adjacent to an activating group) is 1. The van der Waals surface area contributed by atoms with Crippen LogP contribution in [0.3, 0.4) is 0 Å². The maximum Gasteiger partial charge on any atom is 0.239 e. The minimum Gasteiger partial charge on any atom is -0.344 e. The van der Waals surface area contributed by atoms with E-state index in [9.17, 15) is 4.79 Å². The summed E-state index contributed by atoms with van der Waals surface area (Å²) in [6, 6.07) is 0.311. The second-order valence-corrected chi connectivity index (χ2v) is 6.11. The van der Waals surface area contributed by atoms with Gasteiger partial charge >= 0.3 is 0 Å². The quantitative estimate of drug-likeness (QED) is 0.695. The molecule has 0 radical (unpaired) electrons. The molecule has 0 heterocycles. The van der Waals surface area contributed by atoms with Crippen LogP contribution in [0.15, 0.2) is 0 Å². The predicted molar refractivity (Wildman–Crippen MR) is 82.3 cm³/mol. The van der Waals surface area contributed by atoms with Crippen LogP contribution in [0.2, 0.25) is 0 Å². The molecule has 114 valence electrons. The van der Waals surface area contributed by atoms with Crippen molar-refractivity contribution in [1.82, 2.24) is 15.1 Å². The Hall–Kier alpha value is -0.610. The van der Waals surface area contributed by atoms with Gasteiger partial charge < -0.3 is 15.1 Å². The zero-order valence-electron chi connectivity index (χ0n) is 13.9. The van der Waals surface area contributed by atoms with Crippen molar-refractivity contribution in [1.29, 1.82) is 0 Å². The van der Waals surface area contributed by atoms with Gasteiger partial charge in [-0.25, -0.2) is 0 Å². The molecule has 19 heavy (non-hydrogen) atoms. The number of carbonyl (C=O) groups excluding carboxylic acids is 1. The van der Waals surface area contributed by atoms with Crippen molar-refractivity contribution in [3.8, 4) is 0 Å². The molecule has 1 amide bonds. The first-order valence-electron chi connectivity index (χ1n) is 7.45. The molecule has 0 aliphatic carbocycles. The molecule has 0 aromatic heterocycles. The maximum absolute atomic E-state index is 12.5. The van der Waals surface area contributed by atoms with Gasteiger partial charge in [0.25, 0.3) is 0 Å². The summed E-state index contributed by atoms with van der Waals surface area (Å²) in [5, 5.41) is 3.44. The topological polar surface area (TPSA) is 35.6 Å². The fourth-order valence-electron chi connectivity index (χ4n) is 1.95. The van der Waals surface area contributed by atoms with E-state index in [1.54, 1.807) is 0 Å². The number of hydrogen-bond acceptors (Lipinski definition) is 3. The second kappa shape index (κ2) is 9.32. The molecule has 0 aromatic carbocycles. The Balaban J connectivity index is 4.37. The van der Waals surface area contributed by atoms with Crippen molar-refractivity contribution in [3.05, 3.63) is 0 Å². The Kier molecular flexibility index (Phi) is 9.02. The highest BCUT2D eigenvalue weighted by atomic mass is 16.2. The molecule has 0 saturated heterocycles. The molecule has 1 unspecified atom stereocenters. The summed E-state index contributed by atoms with van der Waals surface area (Å²) < 4.78 is 0. The lowest BCUT2D eigenvalue weighted by atomic mass is 10.0. The van der Waals surface area contributed by atoms with Gasteiger partial charge in [-0.15, -0.1) is 0 Å². The third kappa shape index (κ3) is 7.53. The van der Waals surface area contributed by atoms with Crippen LogP contribution >= 0.6 is 0 Å². The van der Waals surface area contributed by atoms with Crippen LogP contribution in [-0.2, 0) is 4.79 Å². The van der Waals surface area contributed by atoms with E-state index in [4.69, 9.17) is 0 Å². The summed E-state index contributed by atoms with van der Waals surface area (Å²) in [5.41, 5.74) is 0. The molecule has 2 atom stereocenters. The summed E-state index contributed by atoms with van der Waals surface area (Å²) in [5.74, 6) is 0.534. The van der Waals surface area contributed by atoms with Gasteiger partial charge in [-0.3, -0.25) is 4.79 Å². The Morgan fingerprint density at radius 3 is 2.11 bits per heavy atom. The minimum absolute atomic E-state index is 0.0701. The number of carbonyl (C=O) groups is 1. The summed E-state index contributed by atoms with van der Waals surface area (Å²) in [4.78, 5) is 16.5. The largest absolute Gasteiger partial charge is 0.344 e. The van der Waals surface area contributed by atoms with Gasteiger partial charge in [0.15, 0.2) is 0 Å². The highest BCUT2D eigenvalue weighted by Gasteiger charge is 2.25. The van der Waals surface area contributed by atoms with Gasteiger partial charge in [-0.05, 0) is 46.3 Å². The molecule has 4 heteroatoms. The Bertz CT molecular complexity index is 254. The average molecular weight is 271 g/mol. The molecule has 0 aromatic rings. The lowest BCUT2D eigenvalue weighted by Gasteiger charge is -2.29. The summed E-state index contributed by atoms with van der Waals surface area (Å²) in [6.45, 7) is 10.3. The fraction of sp³-hybridized carbons (Fsp3) is 0.933. The van der Waals surface area contributed by atoms with E-state index in [0.29, 0.717) is 12.0 Å². The first-order valence-corrected chi connectivity index (χ1v) is 7.45. The van der Waals surface area contributed by atoms with E-state index < -0.39 is 0 Å². The zero-order valence-corrected chi connectivity index (χ0v) is 13.9. The molecule has 0 bridgehead atoms. The predicted octanol–water partition coefficient (Wildman–Crippen LogP) is 1.81. The van der Waals surface area contributed by atoms with Crippen LogP contribution in [0.5, 0.6) is 0 Å². The smallest absolute Gasteiger partial charge is 0.239 e. The third-order valence-electron chi connectivity index (χ3n) is 3.48. The maximum atomic E-state index is 12.5. The highest BCUT2D eigenvalue weighted by molar-refractivity contribution is 5.81. The summed E-state index contributed by atoms with van der Waals surface area (Å²) >= 11 is 0. The van der Waals surface area contributed by atoms with E-state index >= 15 is 0 Å². The lowest BCUT2D eigenvalue weighted by Crippen LogP contribution is -2.51. The first kappa shape index (κ1) is 18.4. The molecular formula is C15H33N3O. The van der Waals surface area contributed by atoms with Crippen LogP contribution in [0, 0.1) is 5.92 Å². The SMILES string of the molecule is CCC(C)N[C@@H](C(=O)N(C)CCCN(C)C)C(C)C. The third-order valence-corrected chi connectivity index (χ3v) is 3.48. The van der Waals surface area contributed by atoms with E-state index in [1.165, 1.54) is 0 Å². The average Bonchev–Trinajstić information content (AvgIpc) is 2.33. The van der Waals surface area contributed by atoms with E-state index in [0.717, 1.165) is 25.9 Å². The Morgan fingerprint density at radius 2 is 1.68 bits per heavy atom. The number of rotatable bonds is 9. The monoisotopic (exact) mass is 271 g/mol. The second-order valence-electron chi connectivity index (χ2n) is 6.11. The van der Waals surface area contributed by atoms with Gasteiger partial charge in [-0.1, -0.05) is 20.8 Å². The summed E-state index contributed by atoms with van der Waals surface area (Å²) in [7, 11) is 6.03. The van der Waals surface area contributed by atoms with Crippen molar-refractivity contribution in [2.75, 3.05) is 34.2 Å². The van der Waals surface area contributed by atoms with Crippen molar-refractivity contribution in [2.45, 2.75) is 52.6 Å². The van der Waals surface area contributed by atoms with E-state index in [2.05, 4.69) is 52.0 Å². The molecule has 0 saturated carbocycles. The van der Waals surface area contributed by atoms with Crippen LogP contribution < -0.4 is 5.32 Å². The van der Waals surface area contributed by atoms with Crippen molar-refractivity contribution in [2.24, 2.45) is 5.92 Å². The Morgan fingerprint density at radius 1 is 1.11 bits per heavy atom. The van der Waals surface area contributed by atoms with Gasteiger partial charge in [-0.2, -0.15) is 0 Å². The van der Waals surface area contributed by atoms with Gasteiger partial charge in [0.1, 0.15) is 0 Å². The molecule has 0 rings (SSSR count). The van der Waals surface area contributed by atoms with Crippen molar-refractivity contribution >= 4 is 5.91 Å². The first-order chi connectivity index (χ1) is 8.79. The summed E-state index contributed by atoms with van der Waals surface area (Å²) in [6.07, 6.45) is 2.06. The molecule has 4 nitrogen and oxygen atoms in total. The number of nitrogens with one attached hydrogen (secondary N) is 1. The van der Waals surface area contributed by atoms with Crippen LogP contribution in [0.1, 0.15) is 40.5 Å². The van der Waals surface area contributed by atoms with Gasteiger partial charge in [0.2, 0.25) is 5.91 Å². The van der Waals surface area contributed by atoms with E-state index in [1.807, 2.05) is 11.9 Å². The van der Waals surface area contributed by atoms with Crippen molar-refractivity contribution in [3.63, 3.8) is 0 Å². The normalized spacial score (nSPS) is 14.8. The zero-order chi connectivity index (χ0) is 15.0. The Labute approximate surface area is 119 Å². The highest BCUT2D eigenvalue weighted by Crippen LogP contribution is 2.08. The standard InChI is InChI=1S/C15H33N3O/c1-8-13(4)16-14(12(2)3)15(19)18(7)11-9-10-17(5)6/h12-14,16H,8-11H2,1-7H3/t13?,14-/m1/s1. The van der Waals surface area contributed by atoms with Gasteiger partial charge in [0.05, 0.1) is 6.04 Å². The van der Waals surface area contributed by atoms with Crippen LogP contribution in [0.4, 0.5) is 0 Å². The van der Waals surface area contributed by atoms with Gasteiger partial charge in [0, 0.05) is 19.6 Å². The molecule has 0 fully saturated rings.